The van der Waals surface area contributed by atoms with E-state index in [1.54, 1.807) is 16.7 Å². The number of nitrogens with zero attached hydrogens (tertiary/aromatic N) is 1. The van der Waals surface area contributed by atoms with Crippen LogP contribution in [0.2, 0.25) is 0 Å². The molecule has 4 nitrogen and oxygen atoms in total. The molecule has 0 radical (unpaired) electrons. The minimum absolute atomic E-state index is 0.104. The number of carbonyl (C=O) groups is 2. The first-order valence-corrected chi connectivity index (χ1v) is 6.89. The van der Waals surface area contributed by atoms with Gasteiger partial charge >= 0.3 is 5.97 Å². The van der Waals surface area contributed by atoms with Gasteiger partial charge in [0.2, 0.25) is 5.91 Å². The molecule has 0 aromatic carbocycles. The molecule has 1 saturated heterocycles. The molecular formula is C11H19NO3S. The second kappa shape index (κ2) is 6.78. The lowest BCUT2D eigenvalue weighted by Crippen LogP contribution is -2.42. The van der Waals surface area contributed by atoms with Crippen LogP contribution < -0.4 is 0 Å². The normalized spacial score (nSPS) is 20.8. The molecule has 0 unspecified atom stereocenters. The van der Waals surface area contributed by atoms with Crippen LogP contribution in [0.3, 0.4) is 0 Å². The van der Waals surface area contributed by atoms with E-state index in [4.69, 9.17) is 5.11 Å². The summed E-state index contributed by atoms with van der Waals surface area (Å²) in [6, 6.07) is 0. The molecular weight excluding hydrogens is 226 g/mol. The fraction of sp³-hybridized carbons (Fsp3) is 0.818. The van der Waals surface area contributed by atoms with E-state index >= 15 is 0 Å². The van der Waals surface area contributed by atoms with E-state index in [2.05, 4.69) is 6.92 Å². The Kier molecular flexibility index (Phi) is 5.66. The van der Waals surface area contributed by atoms with Crippen LogP contribution >= 0.6 is 11.8 Å². The van der Waals surface area contributed by atoms with Crippen molar-refractivity contribution in [2.24, 2.45) is 5.92 Å². The molecule has 1 amide bonds. The largest absolute Gasteiger partial charge is 0.481 e. The molecule has 1 atom stereocenters. The summed E-state index contributed by atoms with van der Waals surface area (Å²) in [5, 5.41) is 8.91. The van der Waals surface area contributed by atoms with Gasteiger partial charge in [0.15, 0.2) is 0 Å². The lowest BCUT2D eigenvalue weighted by molar-refractivity contribution is -0.145. The first kappa shape index (κ1) is 13.4. The summed E-state index contributed by atoms with van der Waals surface area (Å²) in [6.07, 6.45) is 2.04. The summed E-state index contributed by atoms with van der Waals surface area (Å²) in [5.74, 6) is 0.818. The average molecular weight is 245 g/mol. The number of thioether (sulfide) groups is 1. The smallest absolute Gasteiger partial charge is 0.308 e. The minimum Gasteiger partial charge on any atom is -0.481 e. The maximum atomic E-state index is 11.8. The predicted octanol–water partition coefficient (Wildman–Crippen LogP) is 1.45. The highest BCUT2D eigenvalue weighted by atomic mass is 32.2. The number of likely N-dealkylation sites (tertiary alicyclic amines) is 1. The quantitative estimate of drug-likeness (QED) is 0.745. The zero-order valence-electron chi connectivity index (χ0n) is 9.65. The number of amides is 1. The number of hydrogen-bond donors (Lipinski definition) is 1. The van der Waals surface area contributed by atoms with Crippen molar-refractivity contribution in [2.45, 2.75) is 26.2 Å². The van der Waals surface area contributed by atoms with Crippen LogP contribution in [0, 0.1) is 5.92 Å². The first-order valence-electron chi connectivity index (χ1n) is 5.73. The average Bonchev–Trinajstić information content (AvgIpc) is 2.29. The van der Waals surface area contributed by atoms with Gasteiger partial charge in [0.25, 0.3) is 0 Å². The van der Waals surface area contributed by atoms with Crippen LogP contribution in [0.4, 0.5) is 0 Å². The zero-order valence-corrected chi connectivity index (χ0v) is 10.5. The van der Waals surface area contributed by atoms with Crippen molar-refractivity contribution in [1.29, 1.82) is 0 Å². The monoisotopic (exact) mass is 245 g/mol. The molecule has 0 aromatic heterocycles. The molecule has 92 valence electrons. The Labute approximate surface area is 100 Å². The van der Waals surface area contributed by atoms with Gasteiger partial charge < -0.3 is 10.0 Å². The van der Waals surface area contributed by atoms with Crippen molar-refractivity contribution in [1.82, 2.24) is 4.90 Å². The molecule has 0 bridgehead atoms. The van der Waals surface area contributed by atoms with Crippen molar-refractivity contribution in [3.8, 4) is 0 Å². The van der Waals surface area contributed by atoms with Gasteiger partial charge in [-0.15, -0.1) is 0 Å². The molecule has 0 aliphatic carbocycles. The first-order chi connectivity index (χ1) is 7.65. The van der Waals surface area contributed by atoms with Crippen molar-refractivity contribution in [3.63, 3.8) is 0 Å². The maximum absolute atomic E-state index is 11.8. The second-order valence-corrected chi connectivity index (χ2v) is 5.36. The van der Waals surface area contributed by atoms with Gasteiger partial charge in [-0.25, -0.2) is 0 Å². The fourth-order valence-corrected chi connectivity index (χ4v) is 2.47. The van der Waals surface area contributed by atoms with E-state index in [9.17, 15) is 9.59 Å². The molecule has 1 N–H and O–H groups in total. The molecule has 1 rings (SSSR count). The van der Waals surface area contributed by atoms with Crippen molar-refractivity contribution in [2.75, 3.05) is 24.6 Å². The van der Waals surface area contributed by atoms with Crippen LogP contribution in [0.25, 0.3) is 0 Å². The van der Waals surface area contributed by atoms with Crippen LogP contribution in [0.15, 0.2) is 0 Å². The predicted molar refractivity (Wildman–Crippen MR) is 64.6 cm³/mol. The summed E-state index contributed by atoms with van der Waals surface area (Å²) in [4.78, 5) is 24.3. The third kappa shape index (κ3) is 4.04. The SMILES string of the molecule is CCSCCC(=O)N1CCC[C@H](C(=O)O)C1. The highest BCUT2D eigenvalue weighted by Crippen LogP contribution is 2.17. The van der Waals surface area contributed by atoms with Crippen molar-refractivity contribution >= 4 is 23.6 Å². The Morgan fingerprint density at radius 1 is 1.50 bits per heavy atom. The summed E-state index contributed by atoms with van der Waals surface area (Å²) in [6.45, 7) is 3.18. The van der Waals surface area contributed by atoms with Gasteiger partial charge in [0.1, 0.15) is 0 Å². The maximum Gasteiger partial charge on any atom is 0.308 e. The number of carboxylic acid groups (broad SMARTS) is 1. The van der Waals surface area contributed by atoms with E-state index in [-0.39, 0.29) is 11.8 Å². The lowest BCUT2D eigenvalue weighted by atomic mass is 9.98. The second-order valence-electron chi connectivity index (χ2n) is 3.96. The van der Waals surface area contributed by atoms with E-state index < -0.39 is 5.97 Å². The van der Waals surface area contributed by atoms with Crippen LogP contribution in [-0.4, -0.2) is 46.5 Å². The van der Waals surface area contributed by atoms with Crippen molar-refractivity contribution in [3.05, 3.63) is 0 Å². The summed E-state index contributed by atoms with van der Waals surface area (Å²) in [5.41, 5.74) is 0. The molecule has 0 saturated carbocycles. The van der Waals surface area contributed by atoms with Crippen molar-refractivity contribution < 1.29 is 14.7 Å². The fourth-order valence-electron chi connectivity index (χ4n) is 1.87. The summed E-state index contributed by atoms with van der Waals surface area (Å²) >= 11 is 1.74. The van der Waals surface area contributed by atoms with Gasteiger partial charge in [0, 0.05) is 25.3 Å². The van der Waals surface area contributed by atoms with Crippen LogP contribution in [0.1, 0.15) is 26.2 Å². The number of aliphatic carboxylic acids is 1. The number of carbonyl (C=O) groups excluding carboxylic acids is 1. The molecule has 1 aliphatic rings. The third-order valence-corrected chi connectivity index (χ3v) is 3.69. The van der Waals surface area contributed by atoms with Gasteiger partial charge in [-0.2, -0.15) is 11.8 Å². The molecule has 5 heteroatoms. The molecule has 16 heavy (non-hydrogen) atoms. The number of rotatable bonds is 5. The lowest BCUT2D eigenvalue weighted by Gasteiger charge is -2.30. The molecule has 1 fully saturated rings. The van der Waals surface area contributed by atoms with Gasteiger partial charge in [-0.05, 0) is 18.6 Å². The standard InChI is InChI=1S/C11H19NO3S/c1-2-16-7-5-10(13)12-6-3-4-9(8-12)11(14)15/h9H,2-8H2,1H3,(H,14,15)/t9-/m0/s1. The van der Waals surface area contributed by atoms with Crippen LogP contribution in [-0.2, 0) is 9.59 Å². The minimum atomic E-state index is -0.777. The Bertz CT molecular complexity index is 258. The Morgan fingerprint density at radius 2 is 2.25 bits per heavy atom. The topological polar surface area (TPSA) is 57.6 Å². The Hall–Kier alpha value is -0.710. The third-order valence-electron chi connectivity index (χ3n) is 2.79. The van der Waals surface area contributed by atoms with Gasteiger partial charge in [-0.3, -0.25) is 9.59 Å². The molecule has 0 aromatic rings. The van der Waals surface area contributed by atoms with E-state index in [0.29, 0.717) is 19.4 Å². The highest BCUT2D eigenvalue weighted by molar-refractivity contribution is 7.99. The zero-order chi connectivity index (χ0) is 12.0. The highest BCUT2D eigenvalue weighted by Gasteiger charge is 2.27. The Balaban J connectivity index is 2.35. The Morgan fingerprint density at radius 3 is 2.88 bits per heavy atom. The summed E-state index contributed by atoms with van der Waals surface area (Å²) in [7, 11) is 0. The van der Waals surface area contributed by atoms with Crippen LogP contribution in [0.5, 0.6) is 0 Å². The number of hydrogen-bond acceptors (Lipinski definition) is 3. The number of piperidine rings is 1. The number of carboxylic acids is 1. The van der Waals surface area contributed by atoms with E-state index in [0.717, 1.165) is 24.5 Å². The molecule has 1 aliphatic heterocycles. The van der Waals surface area contributed by atoms with E-state index in [1.165, 1.54) is 0 Å². The molecule has 1 heterocycles. The van der Waals surface area contributed by atoms with Gasteiger partial charge in [0.05, 0.1) is 5.92 Å². The summed E-state index contributed by atoms with van der Waals surface area (Å²) < 4.78 is 0. The molecule has 0 spiro atoms. The van der Waals surface area contributed by atoms with Gasteiger partial charge in [-0.1, -0.05) is 6.92 Å². The van der Waals surface area contributed by atoms with E-state index in [1.807, 2.05) is 0 Å².